The van der Waals surface area contributed by atoms with Gasteiger partial charge in [-0.05, 0) is 53.6 Å². The number of nitrogens with zero attached hydrogens (tertiary/aromatic N) is 1. The number of hydrogen-bond donors (Lipinski definition) is 1. The van der Waals surface area contributed by atoms with Gasteiger partial charge in [0.2, 0.25) is 11.7 Å². The van der Waals surface area contributed by atoms with Crippen molar-refractivity contribution in [3.8, 4) is 11.1 Å². The summed E-state index contributed by atoms with van der Waals surface area (Å²) in [5, 5.41) is 10.5. The summed E-state index contributed by atoms with van der Waals surface area (Å²) in [6.07, 6.45) is -3.76. The molecule has 0 radical (unpaired) electrons. The average Bonchev–Trinajstić information content (AvgIpc) is 3.97. The fourth-order valence-electron chi connectivity index (χ4n) is 8.63. The fourth-order valence-corrected chi connectivity index (χ4v) is 8.63. The van der Waals surface area contributed by atoms with Crippen molar-refractivity contribution in [1.29, 1.82) is 0 Å². The van der Waals surface area contributed by atoms with Gasteiger partial charge in [0.15, 0.2) is 12.1 Å². The van der Waals surface area contributed by atoms with Gasteiger partial charge in [-0.25, -0.2) is 9.69 Å². The molecule has 12 nitrogen and oxygen atoms in total. The highest BCUT2D eigenvalue weighted by molar-refractivity contribution is 6.12. The van der Waals surface area contributed by atoms with Crippen LogP contribution in [0.4, 0.5) is 4.79 Å². The molecule has 3 heterocycles. The topological polar surface area (TPSA) is 143 Å². The molecule has 0 spiro atoms. The number of rotatable bonds is 20. The summed E-state index contributed by atoms with van der Waals surface area (Å²) in [6, 6.07) is 46.8. The lowest BCUT2D eigenvalue weighted by atomic mass is 9.91. The zero-order valence-electron chi connectivity index (χ0n) is 37.1. The molecule has 2 amide bonds. The molecule has 1 aromatic heterocycles. The van der Waals surface area contributed by atoms with Gasteiger partial charge in [0.25, 0.3) is 0 Å². The Labute approximate surface area is 385 Å². The summed E-state index contributed by atoms with van der Waals surface area (Å²) in [6.45, 7) is 2.36. The minimum atomic E-state index is -1.29. The molecule has 0 bridgehead atoms. The third kappa shape index (κ3) is 11.0. The largest absolute Gasteiger partial charge is 0.457 e. The Hall–Kier alpha value is -6.25. The van der Waals surface area contributed by atoms with E-state index in [0.29, 0.717) is 24.2 Å². The number of ether oxygens (including phenoxy) is 6. The predicted octanol–water partition coefficient (Wildman–Crippen LogP) is 8.87. The standard InChI is InChI=1S/C54H55NO11/c1-36-17-15-26-41(29-36)42-31-46(48(57)43(30-37-18-7-3-8-19-37)52(58)55-44(35-64-54(55)59)40-24-13-6-14-25-40)65-45(42)27-16-28-61-51-50(63-34-39-22-11-5-12-23-39)49(47(32-56)66-53(51)60-2)62-33-38-20-9-4-10-21-38/h3-15,17-26,29,31,43-44,47,49-51,53,56H,16,27-28,30,32-35H2,1-2H3/t43-,44-,47-,49-,50+,51+,53+/m1/s1. The van der Waals surface area contributed by atoms with Crippen LogP contribution in [0, 0.1) is 12.8 Å². The fraction of sp³-hybridized carbons (Fsp3) is 0.315. The number of benzene rings is 5. The molecule has 2 fully saturated rings. The summed E-state index contributed by atoms with van der Waals surface area (Å²) in [5.41, 5.74) is 5.94. The minimum absolute atomic E-state index is 0.00323. The number of methoxy groups -OCH3 is 1. The van der Waals surface area contributed by atoms with Crippen molar-refractivity contribution in [3.63, 3.8) is 0 Å². The van der Waals surface area contributed by atoms with E-state index in [2.05, 4.69) is 0 Å². The van der Waals surface area contributed by atoms with Crippen LogP contribution >= 0.6 is 0 Å². The molecule has 5 aromatic carbocycles. The predicted molar refractivity (Wildman–Crippen MR) is 245 cm³/mol. The molecule has 0 unspecified atom stereocenters. The molecule has 6 aromatic rings. The number of cyclic esters (lactones) is 1. The molecule has 1 N–H and O–H groups in total. The van der Waals surface area contributed by atoms with Crippen LogP contribution in [-0.4, -0.2) is 85.4 Å². The highest BCUT2D eigenvalue weighted by Crippen LogP contribution is 2.35. The van der Waals surface area contributed by atoms with Gasteiger partial charge in [0.1, 0.15) is 48.7 Å². The van der Waals surface area contributed by atoms with Crippen molar-refractivity contribution in [3.05, 3.63) is 191 Å². The van der Waals surface area contributed by atoms with Gasteiger partial charge in [0, 0.05) is 25.7 Å². The van der Waals surface area contributed by atoms with E-state index in [0.717, 1.165) is 38.3 Å². The molecule has 2 aliphatic heterocycles. The lowest BCUT2D eigenvalue weighted by Gasteiger charge is -2.45. The van der Waals surface area contributed by atoms with Crippen molar-refractivity contribution in [2.24, 2.45) is 5.92 Å². The first kappa shape index (κ1) is 46.3. The second-order valence-corrected chi connectivity index (χ2v) is 16.6. The maximum Gasteiger partial charge on any atom is 0.417 e. The molecule has 0 aliphatic carbocycles. The van der Waals surface area contributed by atoms with E-state index >= 15 is 0 Å². The van der Waals surface area contributed by atoms with Gasteiger partial charge in [0.05, 0.1) is 19.8 Å². The van der Waals surface area contributed by atoms with E-state index in [9.17, 15) is 19.5 Å². The number of aliphatic hydroxyl groups is 1. The zero-order valence-corrected chi connectivity index (χ0v) is 37.1. The van der Waals surface area contributed by atoms with Crippen LogP contribution in [0.15, 0.2) is 156 Å². The molecule has 12 heteroatoms. The Morgan fingerprint density at radius 2 is 1.36 bits per heavy atom. The third-order valence-electron chi connectivity index (χ3n) is 12.0. The second-order valence-electron chi connectivity index (χ2n) is 16.6. The van der Waals surface area contributed by atoms with E-state index in [-0.39, 0.29) is 45.2 Å². The number of amides is 2. The van der Waals surface area contributed by atoms with Gasteiger partial charge >= 0.3 is 6.09 Å². The van der Waals surface area contributed by atoms with Crippen LogP contribution in [0.5, 0.6) is 0 Å². The quantitative estimate of drug-likeness (QED) is 0.0446. The summed E-state index contributed by atoms with van der Waals surface area (Å²) in [5.74, 6) is -1.96. The number of ketones is 1. The van der Waals surface area contributed by atoms with Crippen LogP contribution in [0.1, 0.15) is 56.6 Å². The third-order valence-corrected chi connectivity index (χ3v) is 12.0. The Bertz CT molecular complexity index is 2500. The maximum absolute atomic E-state index is 14.8. The molecular weight excluding hydrogens is 839 g/mol. The van der Waals surface area contributed by atoms with Crippen LogP contribution in [0.25, 0.3) is 11.1 Å². The number of hydrogen-bond acceptors (Lipinski definition) is 11. The molecular formula is C54H55NO11. The number of furan rings is 1. The minimum Gasteiger partial charge on any atom is -0.457 e. The molecule has 7 atom stereocenters. The number of imide groups is 1. The van der Waals surface area contributed by atoms with Crippen LogP contribution < -0.4 is 0 Å². The molecule has 8 rings (SSSR count). The van der Waals surface area contributed by atoms with Crippen LogP contribution in [0.2, 0.25) is 0 Å². The molecule has 0 saturated carbocycles. The number of aryl methyl sites for hydroxylation is 2. The van der Waals surface area contributed by atoms with E-state index in [1.807, 2.05) is 153 Å². The SMILES string of the molecule is CO[C@H]1O[C@H](CO)[C@@H](OCc2ccccc2)[C@H](OCc2ccccc2)[C@@H]1OCCCc1oc(C(=O)[C@@H](Cc2ccccc2)C(=O)N2C(=O)OC[C@@H]2c2ccccc2)cc1-c1cccc(C)c1. The monoisotopic (exact) mass is 893 g/mol. The number of aliphatic hydroxyl groups excluding tert-OH is 1. The first-order chi connectivity index (χ1) is 32.3. The van der Waals surface area contributed by atoms with Gasteiger partial charge in [-0.15, -0.1) is 0 Å². The van der Waals surface area contributed by atoms with Crippen molar-refractivity contribution in [1.82, 2.24) is 4.90 Å². The van der Waals surface area contributed by atoms with Crippen LogP contribution in [0.3, 0.4) is 0 Å². The van der Waals surface area contributed by atoms with Crippen LogP contribution in [-0.2, 0) is 59.3 Å². The number of Topliss-reactive ketones (excluding diaryl/α,β-unsaturated/α-hetero) is 1. The lowest BCUT2D eigenvalue weighted by Crippen LogP contribution is -2.61. The summed E-state index contributed by atoms with van der Waals surface area (Å²) < 4.78 is 43.6. The summed E-state index contributed by atoms with van der Waals surface area (Å²) in [7, 11) is 1.52. The van der Waals surface area contributed by atoms with Gasteiger partial charge in [-0.2, -0.15) is 0 Å². The number of carbonyl (C=O) groups is 3. The van der Waals surface area contributed by atoms with Gasteiger partial charge < -0.3 is 37.9 Å². The summed E-state index contributed by atoms with van der Waals surface area (Å²) >= 11 is 0. The van der Waals surface area contributed by atoms with E-state index < -0.39 is 60.4 Å². The lowest BCUT2D eigenvalue weighted by molar-refractivity contribution is -0.319. The Balaban J connectivity index is 1.05. The Morgan fingerprint density at radius 3 is 1.98 bits per heavy atom. The summed E-state index contributed by atoms with van der Waals surface area (Å²) in [4.78, 5) is 43.7. The Kier molecular flexibility index (Phi) is 15.6. The van der Waals surface area contributed by atoms with E-state index in [1.54, 1.807) is 6.07 Å². The maximum atomic E-state index is 14.8. The highest BCUT2D eigenvalue weighted by atomic mass is 16.7. The molecule has 2 saturated heterocycles. The average molecular weight is 894 g/mol. The van der Waals surface area contributed by atoms with E-state index in [4.69, 9.17) is 32.8 Å². The van der Waals surface area contributed by atoms with Crippen molar-refractivity contribution < 1.29 is 52.3 Å². The Morgan fingerprint density at radius 1 is 0.742 bits per heavy atom. The van der Waals surface area contributed by atoms with Crippen molar-refractivity contribution in [2.75, 3.05) is 26.9 Å². The second kappa shape index (κ2) is 22.3. The molecule has 342 valence electrons. The zero-order chi connectivity index (χ0) is 45.8. The normalized spacial score (nSPS) is 21.1. The first-order valence-electron chi connectivity index (χ1n) is 22.4. The van der Waals surface area contributed by atoms with Crippen molar-refractivity contribution >= 4 is 17.8 Å². The first-order valence-corrected chi connectivity index (χ1v) is 22.4. The highest BCUT2D eigenvalue weighted by Gasteiger charge is 2.49. The molecule has 66 heavy (non-hydrogen) atoms. The van der Waals surface area contributed by atoms with E-state index in [1.165, 1.54) is 7.11 Å². The van der Waals surface area contributed by atoms with Crippen molar-refractivity contribution in [2.45, 2.75) is 76.1 Å². The number of carbonyl (C=O) groups excluding carboxylic acids is 3. The van der Waals surface area contributed by atoms with Gasteiger partial charge in [-0.3, -0.25) is 9.59 Å². The smallest absolute Gasteiger partial charge is 0.417 e. The van der Waals surface area contributed by atoms with Gasteiger partial charge in [-0.1, -0.05) is 151 Å². The molecule has 2 aliphatic rings.